The van der Waals surface area contributed by atoms with Gasteiger partial charge in [-0.05, 0) is 55.8 Å². The third-order valence-electron chi connectivity index (χ3n) is 5.65. The van der Waals surface area contributed by atoms with Crippen LogP contribution in [0.25, 0.3) is 6.08 Å². The lowest BCUT2D eigenvalue weighted by Crippen LogP contribution is -2.40. The predicted octanol–water partition coefficient (Wildman–Crippen LogP) is 4.82. The molecule has 0 fully saturated rings. The van der Waals surface area contributed by atoms with Gasteiger partial charge in [0.2, 0.25) is 0 Å². The van der Waals surface area contributed by atoms with Crippen molar-refractivity contribution in [1.29, 1.82) is 0 Å². The number of hydrogen-bond acceptors (Lipinski definition) is 7. The molecule has 1 aliphatic rings. The number of aromatic nitrogens is 1. The largest absolute Gasteiger partial charge is 0.507 e. The standard InChI is InChI=1S/C26H24Br2N2O5S/c1-4-6-18-22(25(33)35-5-2)23(17-13-16(28)8-10-20(17)34-3)30-24(32)21(36-26(30)29-18)12-14-11-15(27)7-9-19(14)31/h7-13,23,31H,4-6H2,1-3H3/b21-12+/t23-/m1/s1. The fourth-order valence-corrected chi connectivity index (χ4v) is 5.88. The summed E-state index contributed by atoms with van der Waals surface area (Å²) in [5, 5.41) is 10.3. The number of thiazole rings is 1. The minimum atomic E-state index is -0.799. The molecule has 0 amide bonds. The summed E-state index contributed by atoms with van der Waals surface area (Å²) in [6.07, 6.45) is 2.93. The van der Waals surface area contributed by atoms with Crippen molar-refractivity contribution in [1.82, 2.24) is 4.57 Å². The quantitative estimate of drug-likeness (QED) is 0.376. The number of nitrogens with zero attached hydrogens (tertiary/aromatic N) is 2. The number of halogens is 2. The van der Waals surface area contributed by atoms with Gasteiger partial charge in [0.05, 0.1) is 29.5 Å². The van der Waals surface area contributed by atoms with Crippen molar-refractivity contribution < 1.29 is 19.4 Å². The van der Waals surface area contributed by atoms with E-state index in [0.717, 1.165) is 15.4 Å². The van der Waals surface area contributed by atoms with Crippen molar-refractivity contribution in [2.24, 2.45) is 4.99 Å². The van der Waals surface area contributed by atoms with Gasteiger partial charge in [-0.1, -0.05) is 56.5 Å². The molecule has 188 valence electrons. The number of esters is 1. The summed E-state index contributed by atoms with van der Waals surface area (Å²) < 4.78 is 14.5. The number of hydrogen-bond donors (Lipinski definition) is 1. The zero-order valence-corrected chi connectivity index (χ0v) is 23.9. The highest BCUT2D eigenvalue weighted by molar-refractivity contribution is 9.10. The molecule has 36 heavy (non-hydrogen) atoms. The summed E-state index contributed by atoms with van der Waals surface area (Å²) in [5.74, 6) is 0.0609. The molecule has 1 aromatic heterocycles. The maximum atomic E-state index is 13.8. The van der Waals surface area contributed by atoms with E-state index >= 15 is 0 Å². The van der Waals surface area contributed by atoms with Gasteiger partial charge in [0.15, 0.2) is 4.80 Å². The molecule has 10 heteroatoms. The third-order valence-corrected chi connectivity index (χ3v) is 7.62. The number of carbonyl (C=O) groups is 1. The maximum Gasteiger partial charge on any atom is 0.338 e. The topological polar surface area (TPSA) is 90.1 Å². The minimum Gasteiger partial charge on any atom is -0.507 e. The summed E-state index contributed by atoms with van der Waals surface area (Å²) in [5.41, 5.74) is 1.70. The summed E-state index contributed by atoms with van der Waals surface area (Å²) in [4.78, 5) is 32.4. The molecule has 2 aromatic carbocycles. The molecule has 0 aliphatic carbocycles. The third kappa shape index (κ3) is 5.07. The Morgan fingerprint density at radius 3 is 2.61 bits per heavy atom. The highest BCUT2D eigenvalue weighted by Gasteiger charge is 2.36. The highest BCUT2D eigenvalue weighted by atomic mass is 79.9. The fourth-order valence-electron chi connectivity index (χ4n) is 4.12. The maximum absolute atomic E-state index is 13.8. The normalized spacial score (nSPS) is 15.5. The number of phenols is 1. The average Bonchev–Trinajstić information content (AvgIpc) is 3.15. The number of aromatic hydroxyl groups is 1. The number of phenolic OH excluding ortho intramolecular Hbond substituents is 1. The first kappa shape index (κ1) is 26.4. The lowest BCUT2D eigenvalue weighted by atomic mass is 9.93. The molecular formula is C26H24Br2N2O5S. The van der Waals surface area contributed by atoms with Gasteiger partial charge in [-0.15, -0.1) is 0 Å². The molecule has 7 nitrogen and oxygen atoms in total. The van der Waals surface area contributed by atoms with Crippen molar-refractivity contribution in [3.05, 3.63) is 87.4 Å². The number of allylic oxidation sites excluding steroid dienone is 1. The van der Waals surface area contributed by atoms with Crippen LogP contribution >= 0.6 is 43.2 Å². The van der Waals surface area contributed by atoms with E-state index in [1.54, 1.807) is 44.4 Å². The molecule has 1 N–H and O–H groups in total. The molecule has 0 radical (unpaired) electrons. The van der Waals surface area contributed by atoms with Crippen LogP contribution in [-0.4, -0.2) is 29.4 Å². The Kier molecular flexibility index (Phi) is 8.17. The number of fused-ring (bicyclic) bond motifs is 1. The molecule has 0 unspecified atom stereocenters. The second kappa shape index (κ2) is 11.1. The Balaban J connectivity index is 2.07. The zero-order valence-electron chi connectivity index (χ0n) is 19.9. The van der Waals surface area contributed by atoms with E-state index in [1.807, 2.05) is 19.1 Å². The number of benzene rings is 2. The fraction of sp³-hybridized carbons (Fsp3) is 0.269. The first-order valence-electron chi connectivity index (χ1n) is 11.3. The van der Waals surface area contributed by atoms with Crippen molar-refractivity contribution in [3.63, 3.8) is 0 Å². The van der Waals surface area contributed by atoms with Crippen LogP contribution in [0.4, 0.5) is 0 Å². The Morgan fingerprint density at radius 2 is 1.92 bits per heavy atom. The summed E-state index contributed by atoms with van der Waals surface area (Å²) in [7, 11) is 1.55. The lowest BCUT2D eigenvalue weighted by Gasteiger charge is -2.27. The monoisotopic (exact) mass is 634 g/mol. The van der Waals surface area contributed by atoms with Crippen LogP contribution in [0.5, 0.6) is 11.5 Å². The van der Waals surface area contributed by atoms with Crippen LogP contribution in [0.15, 0.2) is 66.4 Å². The number of carbonyl (C=O) groups excluding carboxylic acids is 1. The van der Waals surface area contributed by atoms with Crippen molar-refractivity contribution in [2.75, 3.05) is 13.7 Å². The van der Waals surface area contributed by atoms with E-state index in [9.17, 15) is 14.7 Å². The van der Waals surface area contributed by atoms with Gasteiger partial charge < -0.3 is 14.6 Å². The second-order valence-corrected chi connectivity index (χ2v) is 10.8. The Labute approximate surface area is 228 Å². The summed E-state index contributed by atoms with van der Waals surface area (Å²) in [6, 6.07) is 9.67. The first-order valence-corrected chi connectivity index (χ1v) is 13.7. The smallest absolute Gasteiger partial charge is 0.338 e. The molecule has 1 aliphatic heterocycles. The van der Waals surface area contributed by atoms with Crippen LogP contribution in [0.2, 0.25) is 0 Å². The Hall–Kier alpha value is -2.69. The van der Waals surface area contributed by atoms with E-state index in [4.69, 9.17) is 14.5 Å². The molecular weight excluding hydrogens is 612 g/mol. The summed E-state index contributed by atoms with van der Waals surface area (Å²) in [6.45, 7) is 3.94. The molecule has 0 saturated heterocycles. The molecule has 0 bridgehead atoms. The average molecular weight is 636 g/mol. The second-order valence-electron chi connectivity index (χ2n) is 8.00. The van der Waals surface area contributed by atoms with Crippen LogP contribution in [0.3, 0.4) is 0 Å². The van der Waals surface area contributed by atoms with Crippen LogP contribution in [-0.2, 0) is 9.53 Å². The van der Waals surface area contributed by atoms with Gasteiger partial charge >= 0.3 is 5.97 Å². The zero-order chi connectivity index (χ0) is 26.0. The van der Waals surface area contributed by atoms with E-state index in [-0.39, 0.29) is 17.9 Å². The van der Waals surface area contributed by atoms with E-state index in [1.165, 1.54) is 15.9 Å². The number of ether oxygens (including phenoxy) is 2. The molecule has 2 heterocycles. The van der Waals surface area contributed by atoms with Gasteiger partial charge in [0.1, 0.15) is 17.5 Å². The molecule has 0 spiro atoms. The molecule has 4 rings (SSSR count). The van der Waals surface area contributed by atoms with Gasteiger partial charge in [0, 0.05) is 20.1 Å². The molecule has 1 atom stereocenters. The molecule has 0 saturated carbocycles. The Morgan fingerprint density at radius 1 is 1.19 bits per heavy atom. The number of methoxy groups -OCH3 is 1. The highest BCUT2D eigenvalue weighted by Crippen LogP contribution is 2.38. The SMILES string of the molecule is CCCC1=C(C(=O)OCC)[C@@H](c2cc(Br)ccc2OC)n2c(s/c(=C/c3cc(Br)ccc3O)c2=O)=N1. The van der Waals surface area contributed by atoms with Crippen LogP contribution in [0, 0.1) is 0 Å². The van der Waals surface area contributed by atoms with Gasteiger partial charge in [-0.2, -0.15) is 0 Å². The van der Waals surface area contributed by atoms with E-state index < -0.39 is 12.0 Å². The van der Waals surface area contributed by atoms with Gasteiger partial charge in [-0.3, -0.25) is 9.36 Å². The van der Waals surface area contributed by atoms with Crippen molar-refractivity contribution >= 4 is 55.2 Å². The van der Waals surface area contributed by atoms with Gasteiger partial charge in [-0.25, -0.2) is 9.79 Å². The summed E-state index contributed by atoms with van der Waals surface area (Å²) >= 11 is 8.13. The van der Waals surface area contributed by atoms with Crippen LogP contribution in [0.1, 0.15) is 43.9 Å². The minimum absolute atomic E-state index is 0.0492. The van der Waals surface area contributed by atoms with E-state index in [0.29, 0.717) is 43.9 Å². The molecule has 3 aromatic rings. The van der Waals surface area contributed by atoms with Crippen LogP contribution < -0.4 is 19.6 Å². The number of rotatable bonds is 7. The lowest BCUT2D eigenvalue weighted by molar-refractivity contribution is -0.139. The van der Waals surface area contributed by atoms with Crippen molar-refractivity contribution in [2.45, 2.75) is 32.7 Å². The first-order chi connectivity index (χ1) is 17.3. The Bertz CT molecular complexity index is 1540. The predicted molar refractivity (Wildman–Crippen MR) is 146 cm³/mol. The van der Waals surface area contributed by atoms with Crippen molar-refractivity contribution in [3.8, 4) is 11.5 Å². The van der Waals surface area contributed by atoms with E-state index in [2.05, 4.69) is 31.9 Å². The van der Waals surface area contributed by atoms with Gasteiger partial charge in [0.25, 0.3) is 5.56 Å².